The fourth-order valence-electron chi connectivity index (χ4n) is 6.35. The molecule has 48 heavy (non-hydrogen) atoms. The van der Waals surface area contributed by atoms with Crippen molar-refractivity contribution in [2.45, 2.75) is 161 Å². The Hall–Kier alpha value is -2.08. The smallest absolute Gasteiger partial charge is 0.118 e. The summed E-state index contributed by atoms with van der Waals surface area (Å²) < 4.78 is 23.7. The minimum absolute atomic E-state index is 0.0446. The molecule has 0 heterocycles. The Kier molecular flexibility index (Phi) is 26.1. The van der Waals surface area contributed by atoms with E-state index in [4.69, 9.17) is 18.9 Å². The highest BCUT2D eigenvalue weighted by molar-refractivity contribution is 5.28. The van der Waals surface area contributed by atoms with Gasteiger partial charge in [-0.1, -0.05) is 154 Å². The lowest BCUT2D eigenvalue weighted by Crippen LogP contribution is -2.36. The highest BCUT2D eigenvalue weighted by Gasteiger charge is 2.17. The van der Waals surface area contributed by atoms with Gasteiger partial charge in [-0.2, -0.15) is 0 Å². The van der Waals surface area contributed by atoms with Crippen molar-refractivity contribution in [1.82, 2.24) is 4.90 Å². The summed E-state index contributed by atoms with van der Waals surface area (Å²) in [5.74, 6) is 1.78. The zero-order valence-electron chi connectivity index (χ0n) is 31.7. The Labute approximate surface area is 296 Å². The molecule has 2 rings (SSSR count). The van der Waals surface area contributed by atoms with E-state index < -0.39 is 0 Å². The first-order chi connectivity index (χ1) is 23.7. The molecule has 0 aliphatic carbocycles. The number of ether oxygens (including phenoxy) is 4. The molecule has 0 aliphatic rings. The van der Waals surface area contributed by atoms with Gasteiger partial charge in [-0.3, -0.25) is 4.90 Å². The largest absolute Gasteiger partial charge is 0.497 e. The second-order valence-electron chi connectivity index (χ2n) is 13.8. The van der Waals surface area contributed by atoms with Gasteiger partial charge in [0.1, 0.15) is 11.5 Å². The molecule has 5 heteroatoms. The molecule has 0 fully saturated rings. The molecule has 0 amide bonds. The van der Waals surface area contributed by atoms with Crippen LogP contribution in [0.2, 0.25) is 0 Å². The summed E-state index contributed by atoms with van der Waals surface area (Å²) in [5, 5.41) is 0. The van der Waals surface area contributed by atoms with E-state index in [9.17, 15) is 0 Å². The summed E-state index contributed by atoms with van der Waals surface area (Å²) in [4.78, 5) is 2.50. The van der Waals surface area contributed by atoms with Crippen LogP contribution in [0.4, 0.5) is 0 Å². The highest BCUT2D eigenvalue weighted by atomic mass is 16.5. The molecular formula is C43H73NO4. The molecule has 0 saturated heterocycles. The molecule has 5 nitrogen and oxygen atoms in total. The number of unbranched alkanes of at least 4 members (excludes halogenated alkanes) is 18. The number of nitrogens with zero attached hydrogens (tertiary/aromatic N) is 1. The van der Waals surface area contributed by atoms with Crippen LogP contribution >= 0.6 is 0 Å². The number of rotatable bonds is 33. The van der Waals surface area contributed by atoms with Crippen LogP contribution in [0.25, 0.3) is 0 Å². The van der Waals surface area contributed by atoms with Crippen LogP contribution < -0.4 is 9.47 Å². The van der Waals surface area contributed by atoms with Crippen molar-refractivity contribution in [3.63, 3.8) is 0 Å². The van der Waals surface area contributed by atoms with E-state index in [0.29, 0.717) is 6.61 Å². The first-order valence-corrected chi connectivity index (χ1v) is 19.9. The Morgan fingerprint density at radius 3 is 1.25 bits per heavy atom. The van der Waals surface area contributed by atoms with Gasteiger partial charge in [-0.25, -0.2) is 0 Å². The lowest BCUT2D eigenvalue weighted by molar-refractivity contribution is -0.0366. The quantitative estimate of drug-likeness (QED) is 0.0709. The first kappa shape index (κ1) is 42.1. The van der Waals surface area contributed by atoms with Gasteiger partial charge in [0.05, 0.1) is 26.9 Å². The van der Waals surface area contributed by atoms with E-state index in [-0.39, 0.29) is 6.10 Å². The van der Waals surface area contributed by atoms with E-state index in [1.165, 1.54) is 127 Å². The average Bonchev–Trinajstić information content (AvgIpc) is 3.11. The Morgan fingerprint density at radius 1 is 0.479 bits per heavy atom. The van der Waals surface area contributed by atoms with Crippen LogP contribution in [0, 0.1) is 0 Å². The van der Waals surface area contributed by atoms with E-state index in [0.717, 1.165) is 57.2 Å². The van der Waals surface area contributed by atoms with Gasteiger partial charge in [0.15, 0.2) is 0 Å². The van der Waals surface area contributed by atoms with Crippen molar-refractivity contribution < 1.29 is 18.9 Å². The number of hydrogen-bond donors (Lipinski definition) is 0. The van der Waals surface area contributed by atoms with Crippen LogP contribution in [0.15, 0.2) is 48.5 Å². The van der Waals surface area contributed by atoms with Gasteiger partial charge in [0.25, 0.3) is 0 Å². The van der Waals surface area contributed by atoms with Crippen LogP contribution in [0.3, 0.4) is 0 Å². The second-order valence-corrected chi connectivity index (χ2v) is 13.8. The lowest BCUT2D eigenvalue weighted by atomic mass is 10.1. The molecule has 0 saturated carbocycles. The molecule has 1 atom stereocenters. The minimum atomic E-state index is 0.0446. The Balaban J connectivity index is 1.87. The highest BCUT2D eigenvalue weighted by Crippen LogP contribution is 2.19. The Morgan fingerprint density at radius 2 is 0.854 bits per heavy atom. The fourth-order valence-corrected chi connectivity index (χ4v) is 6.35. The standard InChI is InChI=1S/C43H73NO4/c1-5-7-9-11-13-15-17-19-21-23-33-47-38-43(48-34-24-22-20-18-16-14-12-10-8-6-2)37-44(35-39-25-29-41(45-3)30-26-39)36-40-27-31-42(46-4)32-28-40/h25-32,43H,5-24,33-38H2,1-4H3. The van der Waals surface area contributed by atoms with E-state index in [2.05, 4.69) is 67.3 Å². The third kappa shape index (κ3) is 21.8. The normalized spacial score (nSPS) is 12.1. The number of hydrogen-bond acceptors (Lipinski definition) is 5. The van der Waals surface area contributed by atoms with Crippen LogP contribution in [0.5, 0.6) is 11.5 Å². The summed E-state index contributed by atoms with van der Waals surface area (Å²) in [7, 11) is 3.44. The molecule has 2 aromatic rings. The predicted octanol–water partition coefficient (Wildman–Crippen LogP) is 11.9. The number of benzene rings is 2. The van der Waals surface area contributed by atoms with Gasteiger partial charge < -0.3 is 18.9 Å². The molecule has 274 valence electrons. The molecular weight excluding hydrogens is 594 g/mol. The van der Waals surface area contributed by atoms with Crippen LogP contribution in [0.1, 0.15) is 153 Å². The summed E-state index contributed by atoms with van der Waals surface area (Å²) in [6.45, 7) is 9.37. The predicted molar refractivity (Wildman–Crippen MR) is 204 cm³/mol. The van der Waals surface area contributed by atoms with Crippen molar-refractivity contribution in [1.29, 1.82) is 0 Å². The van der Waals surface area contributed by atoms with Crippen molar-refractivity contribution in [2.24, 2.45) is 0 Å². The average molecular weight is 668 g/mol. The molecule has 0 aromatic heterocycles. The lowest BCUT2D eigenvalue weighted by Gasteiger charge is -2.28. The van der Waals surface area contributed by atoms with E-state index in [1.807, 2.05) is 0 Å². The summed E-state index contributed by atoms with van der Waals surface area (Å²) in [5.41, 5.74) is 2.54. The van der Waals surface area contributed by atoms with Gasteiger partial charge in [0.2, 0.25) is 0 Å². The van der Waals surface area contributed by atoms with Crippen molar-refractivity contribution in [3.8, 4) is 11.5 Å². The van der Waals surface area contributed by atoms with E-state index in [1.54, 1.807) is 14.2 Å². The minimum Gasteiger partial charge on any atom is -0.497 e. The molecule has 0 radical (unpaired) electrons. The molecule has 0 spiro atoms. The molecule has 0 aliphatic heterocycles. The van der Waals surface area contributed by atoms with Crippen LogP contribution in [-0.2, 0) is 22.6 Å². The monoisotopic (exact) mass is 668 g/mol. The molecule has 0 N–H and O–H groups in total. The fraction of sp³-hybridized carbons (Fsp3) is 0.721. The topological polar surface area (TPSA) is 40.2 Å². The van der Waals surface area contributed by atoms with E-state index >= 15 is 0 Å². The third-order valence-electron chi connectivity index (χ3n) is 9.39. The Bertz CT molecular complexity index is 914. The van der Waals surface area contributed by atoms with Crippen molar-refractivity contribution >= 4 is 0 Å². The van der Waals surface area contributed by atoms with Crippen molar-refractivity contribution in [3.05, 3.63) is 59.7 Å². The van der Waals surface area contributed by atoms with Gasteiger partial charge >= 0.3 is 0 Å². The summed E-state index contributed by atoms with van der Waals surface area (Å²) in [6.07, 6.45) is 26.8. The zero-order valence-corrected chi connectivity index (χ0v) is 31.7. The zero-order chi connectivity index (χ0) is 34.3. The third-order valence-corrected chi connectivity index (χ3v) is 9.39. The SMILES string of the molecule is CCCCCCCCCCCCOCC(CN(Cc1ccc(OC)cc1)Cc1ccc(OC)cc1)OCCCCCCCCCCCC. The molecule has 1 unspecified atom stereocenters. The van der Waals surface area contributed by atoms with Gasteiger partial charge in [-0.15, -0.1) is 0 Å². The maximum absolute atomic E-state index is 6.59. The first-order valence-electron chi connectivity index (χ1n) is 19.9. The molecule has 0 bridgehead atoms. The maximum atomic E-state index is 6.59. The summed E-state index contributed by atoms with van der Waals surface area (Å²) >= 11 is 0. The van der Waals surface area contributed by atoms with Gasteiger partial charge in [0, 0.05) is 32.8 Å². The molecule has 2 aromatic carbocycles. The van der Waals surface area contributed by atoms with Gasteiger partial charge in [-0.05, 0) is 48.2 Å². The second kappa shape index (κ2) is 29.8. The van der Waals surface area contributed by atoms with Crippen molar-refractivity contribution in [2.75, 3.05) is 40.6 Å². The number of methoxy groups -OCH3 is 2. The van der Waals surface area contributed by atoms with Crippen LogP contribution in [-0.4, -0.2) is 51.6 Å². The maximum Gasteiger partial charge on any atom is 0.118 e. The summed E-state index contributed by atoms with van der Waals surface area (Å²) in [6, 6.07) is 16.9.